The fourth-order valence-corrected chi connectivity index (χ4v) is 4.98. The first kappa shape index (κ1) is 19.4. The normalized spacial score (nSPS) is 18.5. The number of carbonyl (C=O) groups excluding carboxylic acids is 1. The van der Waals surface area contributed by atoms with Crippen molar-refractivity contribution in [3.63, 3.8) is 0 Å². The first-order valence-corrected chi connectivity index (χ1v) is 9.84. The van der Waals surface area contributed by atoms with Crippen molar-refractivity contribution >= 4 is 15.9 Å². The zero-order chi connectivity index (χ0) is 18.4. The molecule has 1 unspecified atom stereocenters. The Labute approximate surface area is 148 Å². The summed E-state index contributed by atoms with van der Waals surface area (Å²) in [6.07, 6.45) is 2.56. The van der Waals surface area contributed by atoms with Gasteiger partial charge >= 0.3 is 0 Å². The van der Waals surface area contributed by atoms with E-state index in [-0.39, 0.29) is 41.9 Å². The molecule has 1 amide bonds. The van der Waals surface area contributed by atoms with Gasteiger partial charge in [0.2, 0.25) is 15.9 Å². The summed E-state index contributed by atoms with van der Waals surface area (Å²) in [6, 6.07) is 6.53. The van der Waals surface area contributed by atoms with Gasteiger partial charge in [0.1, 0.15) is 11.0 Å². The minimum absolute atomic E-state index is 0.0372. The highest BCUT2D eigenvalue weighted by Crippen LogP contribution is 2.28. The fourth-order valence-electron chi connectivity index (χ4n) is 3.07. The average molecular weight is 364 g/mol. The number of nitrogens with two attached hydrogens (primary N) is 1. The van der Waals surface area contributed by atoms with E-state index in [0.29, 0.717) is 18.5 Å². The lowest BCUT2D eigenvalue weighted by molar-refractivity contribution is -0.121. The third-order valence-electron chi connectivity index (χ3n) is 4.41. The van der Waals surface area contributed by atoms with E-state index < -0.39 is 10.0 Å². The predicted molar refractivity (Wildman–Crippen MR) is 94.1 cm³/mol. The Morgan fingerprint density at radius 2 is 2.20 bits per heavy atom. The van der Waals surface area contributed by atoms with Crippen molar-refractivity contribution in [2.45, 2.75) is 43.5 Å². The minimum Gasteiger partial charge on any atom is -0.354 e. The molecule has 3 N–H and O–H groups in total. The molecule has 0 radical (unpaired) electrons. The molecule has 25 heavy (non-hydrogen) atoms. The van der Waals surface area contributed by atoms with Gasteiger partial charge in [0.15, 0.2) is 0 Å². The number of amides is 1. The van der Waals surface area contributed by atoms with Crippen molar-refractivity contribution in [2.75, 3.05) is 19.6 Å². The van der Waals surface area contributed by atoms with Crippen LogP contribution in [0.3, 0.4) is 0 Å². The second kappa shape index (κ2) is 8.43. The van der Waals surface area contributed by atoms with Crippen molar-refractivity contribution in [1.29, 1.82) is 5.26 Å². The maximum Gasteiger partial charge on any atom is 0.244 e. The van der Waals surface area contributed by atoms with Crippen molar-refractivity contribution in [2.24, 2.45) is 5.73 Å². The standard InChI is InChI=1S/C17H24N4O3S/c1-13-5-4-7-16(15(13)11-19)25(23,24)21-10-3-2-6-14(21)12-20-17(22)8-9-18/h4-5,7,14H,2-3,6,8-10,12,18H2,1H3,(H,20,22). The van der Waals surface area contributed by atoms with Crippen LogP contribution in [0.1, 0.15) is 36.8 Å². The lowest BCUT2D eigenvalue weighted by Gasteiger charge is -2.35. The Hall–Kier alpha value is -1.95. The van der Waals surface area contributed by atoms with Gasteiger partial charge in [-0.1, -0.05) is 18.6 Å². The maximum atomic E-state index is 13.1. The summed E-state index contributed by atoms with van der Waals surface area (Å²) in [6.45, 7) is 2.62. The van der Waals surface area contributed by atoms with E-state index in [2.05, 4.69) is 5.32 Å². The molecule has 1 aliphatic heterocycles. The van der Waals surface area contributed by atoms with Gasteiger partial charge in [-0.2, -0.15) is 9.57 Å². The molecule has 0 aromatic heterocycles. The van der Waals surface area contributed by atoms with Crippen LogP contribution in [0.15, 0.2) is 23.1 Å². The van der Waals surface area contributed by atoms with Crippen LogP contribution in [-0.2, 0) is 14.8 Å². The molecule has 0 aliphatic carbocycles. The maximum absolute atomic E-state index is 13.1. The fraction of sp³-hybridized carbons (Fsp3) is 0.529. The molecule has 136 valence electrons. The number of nitrogens with zero attached hydrogens (tertiary/aromatic N) is 2. The first-order valence-electron chi connectivity index (χ1n) is 8.40. The summed E-state index contributed by atoms with van der Waals surface area (Å²) in [4.78, 5) is 11.7. The molecule has 1 heterocycles. The summed E-state index contributed by atoms with van der Waals surface area (Å²) in [5.41, 5.74) is 6.17. The van der Waals surface area contributed by atoms with E-state index in [1.54, 1.807) is 19.1 Å². The van der Waals surface area contributed by atoms with E-state index in [1.165, 1.54) is 10.4 Å². The molecular weight excluding hydrogens is 340 g/mol. The number of piperidine rings is 1. The van der Waals surface area contributed by atoms with Crippen molar-refractivity contribution in [3.8, 4) is 6.07 Å². The molecule has 0 bridgehead atoms. The second-order valence-corrected chi connectivity index (χ2v) is 8.03. The molecule has 1 aromatic carbocycles. The van der Waals surface area contributed by atoms with Crippen molar-refractivity contribution in [1.82, 2.24) is 9.62 Å². The Balaban J connectivity index is 2.28. The smallest absolute Gasteiger partial charge is 0.244 e. The molecule has 0 saturated carbocycles. The Morgan fingerprint density at radius 1 is 1.44 bits per heavy atom. The molecule has 1 fully saturated rings. The largest absolute Gasteiger partial charge is 0.354 e. The first-order chi connectivity index (χ1) is 11.9. The number of aryl methyl sites for hydroxylation is 1. The quantitative estimate of drug-likeness (QED) is 0.777. The molecule has 1 aromatic rings. The molecule has 7 nitrogen and oxygen atoms in total. The number of nitriles is 1. The number of sulfonamides is 1. The van der Waals surface area contributed by atoms with Crippen molar-refractivity contribution < 1.29 is 13.2 Å². The summed E-state index contributed by atoms with van der Waals surface area (Å²) in [5, 5.41) is 12.1. The predicted octanol–water partition coefficient (Wildman–Crippen LogP) is 0.875. The van der Waals surface area contributed by atoms with E-state index in [1.807, 2.05) is 6.07 Å². The number of hydrogen-bond donors (Lipinski definition) is 2. The molecule has 1 saturated heterocycles. The van der Waals surface area contributed by atoms with Gasteiger partial charge in [-0.15, -0.1) is 0 Å². The lowest BCUT2D eigenvalue weighted by atomic mass is 10.1. The van der Waals surface area contributed by atoms with Crippen LogP contribution in [0.5, 0.6) is 0 Å². The van der Waals surface area contributed by atoms with Crippen molar-refractivity contribution in [3.05, 3.63) is 29.3 Å². The SMILES string of the molecule is Cc1cccc(S(=O)(=O)N2CCCCC2CNC(=O)CCN)c1C#N. The number of rotatable bonds is 6. The molecular formula is C17H24N4O3S. The monoisotopic (exact) mass is 364 g/mol. The Bertz CT molecular complexity index is 771. The molecule has 2 rings (SSSR count). The van der Waals surface area contributed by atoms with Gasteiger partial charge in [0.05, 0.1) is 5.56 Å². The van der Waals surface area contributed by atoms with Gasteiger partial charge in [-0.25, -0.2) is 8.42 Å². The van der Waals surface area contributed by atoms with Gasteiger partial charge in [0.25, 0.3) is 0 Å². The van der Waals surface area contributed by atoms with Crippen LogP contribution in [0.25, 0.3) is 0 Å². The number of hydrogen-bond acceptors (Lipinski definition) is 5. The third kappa shape index (κ3) is 4.37. The molecule has 0 spiro atoms. The lowest BCUT2D eigenvalue weighted by Crippen LogP contribution is -2.49. The second-order valence-electron chi connectivity index (χ2n) is 6.17. The van der Waals surface area contributed by atoms with Crippen LogP contribution in [0, 0.1) is 18.3 Å². The van der Waals surface area contributed by atoms with Crippen LogP contribution in [0.2, 0.25) is 0 Å². The zero-order valence-electron chi connectivity index (χ0n) is 14.4. The zero-order valence-corrected chi connectivity index (χ0v) is 15.2. The minimum atomic E-state index is -3.80. The summed E-state index contributed by atoms with van der Waals surface area (Å²) in [5.74, 6) is -0.182. The Kier molecular flexibility index (Phi) is 6.53. The topological polar surface area (TPSA) is 116 Å². The summed E-state index contributed by atoms with van der Waals surface area (Å²) in [7, 11) is -3.80. The number of carbonyl (C=O) groups is 1. The van der Waals surface area contributed by atoms with E-state index >= 15 is 0 Å². The van der Waals surface area contributed by atoms with E-state index in [9.17, 15) is 18.5 Å². The Morgan fingerprint density at radius 3 is 2.88 bits per heavy atom. The van der Waals surface area contributed by atoms with Crippen LogP contribution < -0.4 is 11.1 Å². The highest BCUT2D eigenvalue weighted by atomic mass is 32.2. The highest BCUT2D eigenvalue weighted by molar-refractivity contribution is 7.89. The van der Waals surface area contributed by atoms with Gasteiger partial charge in [-0.3, -0.25) is 4.79 Å². The average Bonchev–Trinajstić information content (AvgIpc) is 2.60. The van der Waals surface area contributed by atoms with Gasteiger partial charge < -0.3 is 11.1 Å². The van der Waals surface area contributed by atoms with Crippen LogP contribution in [0.4, 0.5) is 0 Å². The molecule has 8 heteroatoms. The third-order valence-corrected chi connectivity index (χ3v) is 6.41. The molecule has 1 atom stereocenters. The van der Waals surface area contributed by atoms with E-state index in [4.69, 9.17) is 5.73 Å². The number of nitrogens with one attached hydrogen (secondary N) is 1. The van der Waals surface area contributed by atoms with Crippen LogP contribution >= 0.6 is 0 Å². The molecule has 1 aliphatic rings. The summed E-state index contributed by atoms with van der Waals surface area (Å²) >= 11 is 0. The number of benzene rings is 1. The van der Waals surface area contributed by atoms with Gasteiger partial charge in [0, 0.05) is 32.1 Å². The summed E-state index contributed by atoms with van der Waals surface area (Å²) < 4.78 is 27.7. The van der Waals surface area contributed by atoms with Crippen LogP contribution in [-0.4, -0.2) is 44.3 Å². The van der Waals surface area contributed by atoms with Gasteiger partial charge in [-0.05, 0) is 31.4 Å². The highest BCUT2D eigenvalue weighted by Gasteiger charge is 2.35. The van der Waals surface area contributed by atoms with E-state index in [0.717, 1.165) is 12.8 Å².